The molecule has 0 radical (unpaired) electrons. The van der Waals surface area contributed by atoms with Crippen LogP contribution in [0.4, 0.5) is 10.6 Å². The summed E-state index contributed by atoms with van der Waals surface area (Å²) < 4.78 is 7.39. The summed E-state index contributed by atoms with van der Waals surface area (Å²) >= 11 is 1.82. The van der Waals surface area contributed by atoms with Gasteiger partial charge in [-0.15, -0.1) is 0 Å². The monoisotopic (exact) mass is 533 g/mol. The maximum atomic E-state index is 13.3. The number of anilines is 1. The number of carbonyl (C=O) groups excluding carboxylic acids is 2. The van der Waals surface area contributed by atoms with Crippen molar-refractivity contribution >= 4 is 40.6 Å². The SMILES string of the molecule is CC1(C)[C@]2(O)[C@H](n3cnc4c(N)ncnc43)O[C@H](C(=O)C(O)CCCC[C@@H]3SC[C@@H]4NC(=O)N[C@@H]43)[C@]12O. The van der Waals surface area contributed by atoms with E-state index < -0.39 is 40.8 Å². The maximum absolute atomic E-state index is 13.3. The third-order valence-corrected chi connectivity index (χ3v) is 10.3. The molecule has 1 unspecified atom stereocenters. The number of amides is 2. The molecule has 1 saturated carbocycles. The van der Waals surface area contributed by atoms with Crippen molar-refractivity contribution in [3.05, 3.63) is 12.7 Å². The molecule has 4 aliphatic rings. The summed E-state index contributed by atoms with van der Waals surface area (Å²) in [5, 5.41) is 40.0. The van der Waals surface area contributed by atoms with Crippen LogP contribution < -0.4 is 16.4 Å². The molecule has 200 valence electrons. The predicted molar refractivity (Wildman–Crippen MR) is 132 cm³/mol. The zero-order valence-corrected chi connectivity index (χ0v) is 21.3. The zero-order valence-electron chi connectivity index (χ0n) is 20.5. The molecule has 6 rings (SSSR count). The van der Waals surface area contributed by atoms with Crippen LogP contribution in [0.1, 0.15) is 45.8 Å². The van der Waals surface area contributed by atoms with E-state index >= 15 is 0 Å². The number of ether oxygens (including phenoxy) is 1. The second-order valence-electron chi connectivity index (χ2n) is 10.9. The summed E-state index contributed by atoms with van der Waals surface area (Å²) in [7, 11) is 0. The number of imidazole rings is 1. The Labute approximate surface area is 216 Å². The van der Waals surface area contributed by atoms with Crippen LogP contribution in [-0.2, 0) is 9.53 Å². The summed E-state index contributed by atoms with van der Waals surface area (Å²) in [5.74, 6) is 0.354. The third-order valence-electron chi connectivity index (χ3n) is 8.81. The molecule has 8 atom stereocenters. The number of thioether (sulfide) groups is 1. The Kier molecular flexibility index (Phi) is 5.52. The molecule has 0 aromatic carbocycles. The number of aromatic nitrogens is 4. The number of nitrogens with two attached hydrogens (primary N) is 1. The van der Waals surface area contributed by atoms with Crippen molar-refractivity contribution in [2.24, 2.45) is 5.41 Å². The van der Waals surface area contributed by atoms with Gasteiger partial charge in [0.15, 0.2) is 29.6 Å². The predicted octanol–water partition coefficient (Wildman–Crippen LogP) is -0.536. The summed E-state index contributed by atoms with van der Waals surface area (Å²) in [6.45, 7) is 3.31. The molecule has 3 aliphatic heterocycles. The number of fused-ring (bicyclic) bond motifs is 3. The fourth-order valence-electron chi connectivity index (χ4n) is 6.47. The number of hydrogen-bond acceptors (Lipinski definition) is 11. The van der Waals surface area contributed by atoms with Gasteiger partial charge in [0.2, 0.25) is 0 Å². The Morgan fingerprint density at radius 2 is 2.05 bits per heavy atom. The third kappa shape index (κ3) is 3.22. The van der Waals surface area contributed by atoms with Gasteiger partial charge in [0.05, 0.1) is 18.4 Å². The van der Waals surface area contributed by atoms with Gasteiger partial charge in [-0.05, 0) is 12.8 Å². The molecule has 2 aromatic rings. The van der Waals surface area contributed by atoms with Gasteiger partial charge >= 0.3 is 6.03 Å². The lowest BCUT2D eigenvalue weighted by molar-refractivity contribution is -0.157. The van der Waals surface area contributed by atoms with E-state index in [4.69, 9.17) is 10.5 Å². The molecular formula is C23H31N7O6S. The first-order chi connectivity index (χ1) is 17.5. The Bertz CT molecular complexity index is 1270. The minimum Gasteiger partial charge on any atom is -0.385 e. The van der Waals surface area contributed by atoms with Gasteiger partial charge in [0, 0.05) is 16.4 Å². The average Bonchev–Trinajstić information content (AvgIpc) is 3.48. The summed E-state index contributed by atoms with van der Waals surface area (Å²) in [4.78, 5) is 37.2. The molecule has 0 bridgehead atoms. The fourth-order valence-corrected chi connectivity index (χ4v) is 8.02. The fraction of sp³-hybridized carbons (Fsp3) is 0.696. The van der Waals surface area contributed by atoms with E-state index in [1.807, 2.05) is 11.8 Å². The van der Waals surface area contributed by atoms with Crippen molar-refractivity contribution in [2.75, 3.05) is 11.5 Å². The van der Waals surface area contributed by atoms with E-state index in [1.54, 1.807) is 13.8 Å². The minimum absolute atomic E-state index is 0.108. The Morgan fingerprint density at radius 1 is 1.27 bits per heavy atom. The van der Waals surface area contributed by atoms with Gasteiger partial charge in [-0.2, -0.15) is 11.8 Å². The van der Waals surface area contributed by atoms with E-state index in [9.17, 15) is 24.9 Å². The minimum atomic E-state index is -1.90. The highest BCUT2D eigenvalue weighted by atomic mass is 32.2. The lowest BCUT2D eigenvalue weighted by Gasteiger charge is -2.28. The number of aliphatic hydroxyl groups is 3. The number of aliphatic hydroxyl groups excluding tert-OH is 1. The van der Waals surface area contributed by atoms with Crippen molar-refractivity contribution in [1.29, 1.82) is 0 Å². The van der Waals surface area contributed by atoms with Crippen LogP contribution in [-0.4, -0.2) is 93.1 Å². The van der Waals surface area contributed by atoms with Crippen LogP contribution in [0.15, 0.2) is 12.7 Å². The second-order valence-corrected chi connectivity index (χ2v) is 12.2. The molecule has 37 heavy (non-hydrogen) atoms. The number of unbranched alkanes of at least 4 members (excludes halogenated alkanes) is 1. The van der Waals surface area contributed by atoms with Gasteiger partial charge < -0.3 is 36.4 Å². The number of hydrogen-bond donors (Lipinski definition) is 6. The summed E-state index contributed by atoms with van der Waals surface area (Å²) in [6, 6.07) is 0.132. The Balaban J connectivity index is 1.13. The molecule has 5 heterocycles. The van der Waals surface area contributed by atoms with E-state index in [0.717, 1.165) is 18.6 Å². The smallest absolute Gasteiger partial charge is 0.315 e. The lowest BCUT2D eigenvalue weighted by atomic mass is 9.94. The first-order valence-electron chi connectivity index (χ1n) is 12.5. The average molecular weight is 534 g/mol. The van der Waals surface area contributed by atoms with E-state index in [1.165, 1.54) is 17.2 Å². The highest BCUT2D eigenvalue weighted by molar-refractivity contribution is 8.00. The van der Waals surface area contributed by atoms with Gasteiger partial charge in [0.25, 0.3) is 0 Å². The molecule has 1 aliphatic carbocycles. The van der Waals surface area contributed by atoms with Crippen LogP contribution in [0.3, 0.4) is 0 Å². The molecular weight excluding hydrogens is 502 g/mol. The van der Waals surface area contributed by atoms with Gasteiger partial charge in [0.1, 0.15) is 29.2 Å². The topological polar surface area (TPSA) is 198 Å². The van der Waals surface area contributed by atoms with Crippen molar-refractivity contribution in [1.82, 2.24) is 30.2 Å². The molecule has 2 amide bonds. The van der Waals surface area contributed by atoms with Crippen molar-refractivity contribution in [2.45, 2.75) is 86.5 Å². The second kappa shape index (κ2) is 8.24. The molecule has 0 spiro atoms. The summed E-state index contributed by atoms with van der Waals surface area (Å²) in [6.07, 6.45) is 1.09. The molecule has 14 heteroatoms. The van der Waals surface area contributed by atoms with Crippen LogP contribution in [0.2, 0.25) is 0 Å². The molecule has 13 nitrogen and oxygen atoms in total. The Morgan fingerprint density at radius 3 is 2.84 bits per heavy atom. The largest absolute Gasteiger partial charge is 0.385 e. The van der Waals surface area contributed by atoms with Crippen molar-refractivity contribution in [3.8, 4) is 0 Å². The van der Waals surface area contributed by atoms with E-state index in [2.05, 4.69) is 25.6 Å². The number of nitrogens with zero attached hydrogens (tertiary/aromatic N) is 4. The Hall–Kier alpha value is -2.52. The molecule has 2 aromatic heterocycles. The van der Waals surface area contributed by atoms with Gasteiger partial charge in [-0.1, -0.05) is 26.7 Å². The number of nitrogens with one attached hydrogen (secondary N) is 2. The molecule has 3 saturated heterocycles. The first-order valence-corrected chi connectivity index (χ1v) is 13.5. The number of urea groups is 1. The quantitative estimate of drug-likeness (QED) is 0.188. The van der Waals surface area contributed by atoms with E-state index in [0.29, 0.717) is 22.8 Å². The number of rotatable bonds is 8. The number of nitrogen functional groups attached to an aromatic ring is 1. The highest BCUT2D eigenvalue weighted by Crippen LogP contribution is 2.75. The molecule has 4 fully saturated rings. The van der Waals surface area contributed by atoms with Gasteiger partial charge in [-0.3, -0.25) is 9.36 Å². The summed E-state index contributed by atoms with van der Waals surface area (Å²) in [5.41, 5.74) is 1.67. The van der Waals surface area contributed by atoms with Crippen LogP contribution in [0, 0.1) is 5.41 Å². The number of ketones is 1. The zero-order chi connectivity index (χ0) is 26.3. The van der Waals surface area contributed by atoms with E-state index in [-0.39, 0.29) is 30.4 Å². The maximum Gasteiger partial charge on any atom is 0.315 e. The van der Waals surface area contributed by atoms with Gasteiger partial charge in [-0.25, -0.2) is 19.7 Å². The van der Waals surface area contributed by atoms with Crippen LogP contribution >= 0.6 is 11.8 Å². The normalized spacial score (nSPS) is 38.2. The highest BCUT2D eigenvalue weighted by Gasteiger charge is 2.93. The van der Waals surface area contributed by atoms with Crippen molar-refractivity contribution in [3.63, 3.8) is 0 Å². The number of Topliss-reactive ketones (excluding diaryl/α,β-unsaturated/α-hetero) is 1. The molecule has 7 N–H and O–H groups in total. The first kappa shape index (κ1) is 24.8. The standard InChI is InChI=1S/C23H31N7O6S/c1-21(2)22(34)16(36-19(23(21,22)35)30-9-27-14-17(24)25-8-26-18(14)30)15(32)11(31)5-3-4-6-12-13-10(7-37-12)28-20(33)29-13/h8-13,16,19,31,34-35H,3-7H2,1-2H3,(H2,24,25,26)(H2,28,29,33)/t10-,11?,12-,13-,16+,19+,22-,23+/m0/s1. The van der Waals surface area contributed by atoms with Crippen LogP contribution in [0.25, 0.3) is 11.2 Å². The van der Waals surface area contributed by atoms with Crippen LogP contribution in [0.5, 0.6) is 0 Å². The lowest BCUT2D eigenvalue weighted by Crippen LogP contribution is -2.45. The number of carbonyl (C=O) groups is 2. The van der Waals surface area contributed by atoms with Crippen molar-refractivity contribution < 1.29 is 29.6 Å².